The van der Waals surface area contributed by atoms with Gasteiger partial charge in [0.05, 0.1) is 12.5 Å². The number of fused-ring (bicyclic) bond motifs is 1. The van der Waals surface area contributed by atoms with Gasteiger partial charge in [-0.05, 0) is 43.2 Å². The van der Waals surface area contributed by atoms with Crippen molar-refractivity contribution in [3.8, 4) is 11.5 Å². The zero-order chi connectivity index (χ0) is 19.7. The monoisotopic (exact) mass is 381 g/mol. The lowest BCUT2D eigenvalue weighted by Gasteiger charge is -2.17. The first-order valence-corrected chi connectivity index (χ1v) is 9.21. The van der Waals surface area contributed by atoms with Crippen LogP contribution in [0.1, 0.15) is 23.6 Å². The minimum absolute atomic E-state index is 0.0193. The van der Waals surface area contributed by atoms with Gasteiger partial charge in [0.25, 0.3) is 5.91 Å². The Labute approximate surface area is 162 Å². The molecule has 1 aliphatic rings. The van der Waals surface area contributed by atoms with Crippen LogP contribution in [0.4, 0.5) is 5.82 Å². The summed E-state index contributed by atoms with van der Waals surface area (Å²) in [5.41, 5.74) is 8.42. The number of nitrogen functional groups attached to an aromatic ring is 1. The molecule has 3 heterocycles. The highest BCUT2D eigenvalue weighted by Gasteiger charge is 2.29. The molecule has 8 nitrogen and oxygen atoms in total. The normalized spacial score (nSPS) is 16.5. The van der Waals surface area contributed by atoms with Crippen LogP contribution in [0.15, 0.2) is 30.3 Å². The van der Waals surface area contributed by atoms with E-state index in [0.717, 1.165) is 23.1 Å². The van der Waals surface area contributed by atoms with E-state index in [1.165, 1.54) is 0 Å². The number of hydrogen-bond acceptors (Lipinski definition) is 6. The van der Waals surface area contributed by atoms with E-state index in [0.29, 0.717) is 36.1 Å². The van der Waals surface area contributed by atoms with E-state index >= 15 is 0 Å². The fourth-order valence-corrected chi connectivity index (χ4v) is 3.51. The lowest BCUT2D eigenvalue weighted by molar-refractivity contribution is -0.132. The molecule has 1 saturated heterocycles. The van der Waals surface area contributed by atoms with Gasteiger partial charge in [0.1, 0.15) is 5.82 Å². The Hall–Kier alpha value is -3.29. The number of methoxy groups -OCH3 is 1. The Morgan fingerprint density at radius 3 is 3.00 bits per heavy atom. The molecule has 0 unspecified atom stereocenters. The summed E-state index contributed by atoms with van der Waals surface area (Å²) in [6, 6.07) is 9.52. The van der Waals surface area contributed by atoms with E-state index in [1.807, 2.05) is 42.2 Å². The molecule has 0 aliphatic carbocycles. The number of nitrogens with two attached hydrogens (primary N) is 1. The molecule has 4 rings (SSSR count). The van der Waals surface area contributed by atoms with Crippen molar-refractivity contribution in [2.45, 2.75) is 19.3 Å². The zero-order valence-electron chi connectivity index (χ0n) is 15.9. The topological polar surface area (TPSA) is 106 Å². The number of nitrogens with zero attached hydrogens (tertiary/aromatic N) is 3. The molecule has 0 saturated carbocycles. The number of anilines is 1. The number of aryl methyl sites for hydroxylation is 1. The predicted molar refractivity (Wildman–Crippen MR) is 105 cm³/mol. The number of rotatable bonds is 5. The molecule has 1 amide bonds. The molecule has 3 N–H and O–H groups in total. The van der Waals surface area contributed by atoms with Crippen LogP contribution in [0.25, 0.3) is 11.0 Å². The van der Waals surface area contributed by atoms with Crippen LogP contribution in [-0.4, -0.2) is 52.8 Å². The van der Waals surface area contributed by atoms with Gasteiger partial charge >= 0.3 is 0 Å². The third kappa shape index (κ3) is 3.45. The molecule has 0 bridgehead atoms. The molecular weight excluding hydrogens is 358 g/mol. The van der Waals surface area contributed by atoms with Crippen molar-refractivity contribution in [1.29, 1.82) is 0 Å². The van der Waals surface area contributed by atoms with Gasteiger partial charge in [-0.15, -0.1) is 0 Å². The maximum Gasteiger partial charge on any atom is 0.260 e. The molecule has 0 spiro atoms. The summed E-state index contributed by atoms with van der Waals surface area (Å²) in [7, 11) is 1.59. The van der Waals surface area contributed by atoms with Crippen molar-refractivity contribution in [3.05, 3.63) is 41.6 Å². The number of ether oxygens (including phenoxy) is 2. The minimum atomic E-state index is -0.0461. The molecule has 1 aromatic carbocycles. The lowest BCUT2D eigenvalue weighted by Crippen LogP contribution is -2.33. The third-order valence-electron chi connectivity index (χ3n) is 5.10. The first-order chi connectivity index (χ1) is 13.5. The highest BCUT2D eigenvalue weighted by atomic mass is 16.5. The molecule has 8 heteroatoms. The van der Waals surface area contributed by atoms with Crippen molar-refractivity contribution in [2.75, 3.05) is 32.5 Å². The van der Waals surface area contributed by atoms with Gasteiger partial charge in [-0.25, -0.2) is 4.98 Å². The molecule has 1 fully saturated rings. The Balaban J connectivity index is 1.38. The lowest BCUT2D eigenvalue weighted by atomic mass is 10.0. The van der Waals surface area contributed by atoms with E-state index in [1.54, 1.807) is 7.11 Å². The van der Waals surface area contributed by atoms with Crippen molar-refractivity contribution >= 4 is 22.8 Å². The zero-order valence-corrected chi connectivity index (χ0v) is 15.9. The predicted octanol–water partition coefficient (Wildman–Crippen LogP) is 2.25. The van der Waals surface area contributed by atoms with E-state index in [4.69, 9.17) is 15.2 Å². The van der Waals surface area contributed by atoms with Crippen LogP contribution < -0.4 is 15.2 Å². The standard InChI is InChI=1S/C20H23N5O3/c1-12-3-6-16(17(9-12)27-2)28-11-18(26)25-8-7-13(10-25)15-5-4-14-19(21)23-24-20(14)22-15/h3-6,9,13H,7-8,10-11H2,1-2H3,(H3,21,22,23,24)/t13-/m1/s1. The second kappa shape index (κ2) is 7.38. The van der Waals surface area contributed by atoms with Gasteiger partial charge in [0.2, 0.25) is 0 Å². The number of amides is 1. The molecule has 1 aliphatic heterocycles. The fourth-order valence-electron chi connectivity index (χ4n) is 3.51. The molecule has 146 valence electrons. The largest absolute Gasteiger partial charge is 0.493 e. The van der Waals surface area contributed by atoms with Gasteiger partial charge in [0.15, 0.2) is 23.8 Å². The summed E-state index contributed by atoms with van der Waals surface area (Å²) < 4.78 is 11.0. The summed E-state index contributed by atoms with van der Waals surface area (Å²) in [6.45, 7) is 3.25. The average molecular weight is 381 g/mol. The number of carbonyl (C=O) groups is 1. The number of carbonyl (C=O) groups excluding carboxylic acids is 1. The van der Waals surface area contributed by atoms with E-state index in [-0.39, 0.29) is 18.4 Å². The number of aromatic nitrogens is 3. The Bertz CT molecular complexity index is 1020. The summed E-state index contributed by atoms with van der Waals surface area (Å²) in [5.74, 6) is 1.85. The van der Waals surface area contributed by atoms with E-state index in [2.05, 4.69) is 15.2 Å². The minimum Gasteiger partial charge on any atom is -0.493 e. The van der Waals surface area contributed by atoms with Crippen LogP contribution in [0.2, 0.25) is 0 Å². The Kier molecular flexibility index (Phi) is 4.77. The number of H-pyrrole nitrogens is 1. The quantitative estimate of drug-likeness (QED) is 0.702. The van der Waals surface area contributed by atoms with Crippen molar-refractivity contribution in [2.24, 2.45) is 0 Å². The summed E-state index contributed by atoms with van der Waals surface area (Å²) in [6.07, 6.45) is 0.859. The fraction of sp³-hybridized carbons (Fsp3) is 0.350. The SMILES string of the molecule is COc1cc(C)ccc1OCC(=O)N1CC[C@@H](c2ccc3c(N)[nH]nc3n2)C1. The summed E-state index contributed by atoms with van der Waals surface area (Å²) in [4.78, 5) is 19.0. The van der Waals surface area contributed by atoms with Gasteiger partial charge in [0, 0.05) is 24.7 Å². The van der Waals surface area contributed by atoms with Crippen LogP contribution in [0, 0.1) is 6.92 Å². The van der Waals surface area contributed by atoms with Crippen LogP contribution in [-0.2, 0) is 4.79 Å². The number of benzene rings is 1. The summed E-state index contributed by atoms with van der Waals surface area (Å²) in [5, 5.41) is 7.67. The molecule has 28 heavy (non-hydrogen) atoms. The number of hydrogen-bond donors (Lipinski definition) is 2. The number of pyridine rings is 1. The Morgan fingerprint density at radius 2 is 2.18 bits per heavy atom. The summed E-state index contributed by atoms with van der Waals surface area (Å²) >= 11 is 0. The second-order valence-electron chi connectivity index (χ2n) is 7.01. The van der Waals surface area contributed by atoms with Crippen molar-refractivity contribution in [3.63, 3.8) is 0 Å². The molecule has 2 aromatic heterocycles. The number of nitrogens with one attached hydrogen (secondary N) is 1. The Morgan fingerprint density at radius 1 is 1.32 bits per heavy atom. The molecule has 0 radical (unpaired) electrons. The average Bonchev–Trinajstić information content (AvgIpc) is 3.34. The first kappa shape index (κ1) is 18.1. The maximum absolute atomic E-state index is 12.6. The van der Waals surface area contributed by atoms with Gasteiger partial charge in [-0.1, -0.05) is 6.07 Å². The first-order valence-electron chi connectivity index (χ1n) is 9.21. The second-order valence-corrected chi connectivity index (χ2v) is 7.01. The highest BCUT2D eigenvalue weighted by molar-refractivity contribution is 5.85. The van der Waals surface area contributed by atoms with Crippen molar-refractivity contribution < 1.29 is 14.3 Å². The number of aromatic amines is 1. The van der Waals surface area contributed by atoms with Crippen LogP contribution >= 0.6 is 0 Å². The maximum atomic E-state index is 12.6. The smallest absolute Gasteiger partial charge is 0.260 e. The van der Waals surface area contributed by atoms with Crippen LogP contribution in [0.5, 0.6) is 11.5 Å². The van der Waals surface area contributed by atoms with Gasteiger partial charge in [-0.3, -0.25) is 9.89 Å². The third-order valence-corrected chi connectivity index (χ3v) is 5.10. The molecule has 3 aromatic rings. The van der Waals surface area contributed by atoms with Crippen LogP contribution in [0.3, 0.4) is 0 Å². The molecule has 1 atom stereocenters. The van der Waals surface area contributed by atoms with E-state index in [9.17, 15) is 4.79 Å². The van der Waals surface area contributed by atoms with Gasteiger partial charge < -0.3 is 20.1 Å². The number of likely N-dealkylation sites (tertiary alicyclic amines) is 1. The van der Waals surface area contributed by atoms with E-state index < -0.39 is 0 Å². The van der Waals surface area contributed by atoms with Crippen molar-refractivity contribution in [1.82, 2.24) is 20.1 Å². The molecular formula is C20H23N5O3. The van der Waals surface area contributed by atoms with Gasteiger partial charge in [-0.2, -0.15) is 5.10 Å². The highest BCUT2D eigenvalue weighted by Crippen LogP contribution is 2.30.